The molecule has 3 rings (SSSR count). The highest BCUT2D eigenvalue weighted by Gasteiger charge is 2.32. The molecule has 1 aliphatic carbocycles. The highest BCUT2D eigenvalue weighted by Crippen LogP contribution is 2.44. The van der Waals surface area contributed by atoms with Crippen LogP contribution in [0.15, 0.2) is 23.2 Å². The molecule has 0 N–H and O–H groups in total. The Kier molecular flexibility index (Phi) is 5.41. The average molecular weight is 387 g/mol. The Morgan fingerprint density at radius 2 is 2.15 bits per heavy atom. The predicted octanol–water partition coefficient (Wildman–Crippen LogP) is 6.18. The first-order chi connectivity index (χ1) is 12.3. The van der Waals surface area contributed by atoms with Crippen LogP contribution in [0.2, 0.25) is 5.02 Å². The molecule has 0 bridgehead atoms. The molecule has 0 fully saturated rings. The minimum absolute atomic E-state index is 0.284. The summed E-state index contributed by atoms with van der Waals surface area (Å²) >= 11 is 7.74. The summed E-state index contributed by atoms with van der Waals surface area (Å²) in [6.07, 6.45) is 4.87. The van der Waals surface area contributed by atoms with Crippen molar-refractivity contribution in [2.24, 2.45) is 16.3 Å². The van der Waals surface area contributed by atoms with Crippen LogP contribution in [0.25, 0.3) is 0 Å². The van der Waals surface area contributed by atoms with E-state index in [1.807, 2.05) is 12.1 Å². The number of fused-ring (bicyclic) bond motifs is 1. The number of hydrogen-bond acceptors (Lipinski definition) is 4. The lowest BCUT2D eigenvalue weighted by molar-refractivity contribution is 0.218. The van der Waals surface area contributed by atoms with E-state index < -0.39 is 0 Å². The summed E-state index contributed by atoms with van der Waals surface area (Å²) in [6, 6.07) is 7.80. The van der Waals surface area contributed by atoms with Gasteiger partial charge in [-0.05, 0) is 54.4 Å². The van der Waals surface area contributed by atoms with Gasteiger partial charge in [0.2, 0.25) is 0 Å². The van der Waals surface area contributed by atoms with Gasteiger partial charge in [0, 0.05) is 21.7 Å². The summed E-state index contributed by atoms with van der Waals surface area (Å²) in [5, 5.41) is 11.1. The first kappa shape index (κ1) is 18.9. The molecule has 0 saturated carbocycles. The van der Waals surface area contributed by atoms with E-state index in [0.717, 1.165) is 35.4 Å². The van der Waals surface area contributed by atoms with Crippen LogP contribution in [0, 0.1) is 22.7 Å². The molecule has 3 nitrogen and oxygen atoms in total. The number of methoxy groups -OCH3 is 1. The number of aliphatic imine (C=N–C) groups is 1. The van der Waals surface area contributed by atoms with Gasteiger partial charge in [-0.25, -0.2) is 4.99 Å². The molecule has 136 valence electrons. The maximum Gasteiger partial charge on any atom is 0.134 e. The van der Waals surface area contributed by atoms with Crippen LogP contribution in [0.3, 0.4) is 0 Å². The van der Waals surface area contributed by atoms with E-state index >= 15 is 0 Å². The van der Waals surface area contributed by atoms with E-state index in [1.165, 1.54) is 10.4 Å². The second kappa shape index (κ2) is 7.42. The summed E-state index contributed by atoms with van der Waals surface area (Å²) in [5.41, 5.74) is 3.02. The molecular formula is C21H23ClN2OS. The molecule has 1 atom stereocenters. The molecule has 0 aliphatic heterocycles. The van der Waals surface area contributed by atoms with Gasteiger partial charge in [0.25, 0.3) is 0 Å². The average Bonchev–Trinajstić information content (AvgIpc) is 2.95. The Hall–Kier alpha value is -1.83. The molecule has 5 heteroatoms. The topological polar surface area (TPSA) is 45.4 Å². The van der Waals surface area contributed by atoms with Crippen LogP contribution in [0.1, 0.15) is 48.8 Å². The van der Waals surface area contributed by atoms with Crippen molar-refractivity contribution in [3.05, 3.63) is 44.8 Å². The summed E-state index contributed by atoms with van der Waals surface area (Å²) in [6.45, 7) is 6.89. The second-order valence-corrected chi connectivity index (χ2v) is 9.27. The van der Waals surface area contributed by atoms with Gasteiger partial charge in [-0.3, -0.25) is 0 Å². The number of thiophene rings is 1. The zero-order valence-electron chi connectivity index (χ0n) is 15.6. The molecule has 0 spiro atoms. The van der Waals surface area contributed by atoms with Crippen LogP contribution < -0.4 is 4.74 Å². The molecule has 0 saturated heterocycles. The van der Waals surface area contributed by atoms with Crippen LogP contribution >= 0.6 is 22.9 Å². The van der Waals surface area contributed by atoms with Gasteiger partial charge in [-0.15, -0.1) is 11.3 Å². The van der Waals surface area contributed by atoms with Crippen molar-refractivity contribution in [2.75, 3.05) is 7.11 Å². The smallest absolute Gasteiger partial charge is 0.134 e. The fourth-order valence-corrected chi connectivity index (χ4v) is 4.85. The lowest BCUT2D eigenvalue weighted by Crippen LogP contribution is -2.26. The van der Waals surface area contributed by atoms with Gasteiger partial charge in [-0.2, -0.15) is 5.26 Å². The summed E-state index contributed by atoms with van der Waals surface area (Å²) in [4.78, 5) is 5.94. The Labute approximate surface area is 164 Å². The monoisotopic (exact) mass is 386 g/mol. The Bertz CT molecular complexity index is 887. The number of nitrogens with zero attached hydrogens (tertiary/aromatic N) is 2. The van der Waals surface area contributed by atoms with E-state index in [1.54, 1.807) is 30.7 Å². The van der Waals surface area contributed by atoms with Crippen molar-refractivity contribution in [1.82, 2.24) is 0 Å². The van der Waals surface area contributed by atoms with Gasteiger partial charge in [0.05, 0.1) is 12.7 Å². The molecule has 1 aromatic heterocycles. The molecule has 2 aromatic rings. The fraction of sp³-hybridized carbons (Fsp3) is 0.429. The molecule has 0 amide bonds. The SMILES string of the molecule is COc1ccc(Cl)cc1C=Nc1sc2c(c1C#N)CC[C@@H](C(C)(C)C)C2. The number of benzene rings is 1. The van der Waals surface area contributed by atoms with Crippen LogP contribution in [0.4, 0.5) is 5.00 Å². The third kappa shape index (κ3) is 3.79. The van der Waals surface area contributed by atoms with Gasteiger partial charge in [0.1, 0.15) is 16.8 Å². The van der Waals surface area contributed by atoms with Crippen LogP contribution in [0.5, 0.6) is 5.75 Å². The van der Waals surface area contributed by atoms with E-state index in [9.17, 15) is 5.26 Å². The van der Waals surface area contributed by atoms with Gasteiger partial charge < -0.3 is 4.74 Å². The Balaban J connectivity index is 1.94. The lowest BCUT2D eigenvalue weighted by Gasteiger charge is -2.33. The van der Waals surface area contributed by atoms with Crippen molar-refractivity contribution in [1.29, 1.82) is 5.26 Å². The largest absolute Gasteiger partial charge is 0.496 e. The summed E-state index contributed by atoms with van der Waals surface area (Å²) in [7, 11) is 1.62. The highest BCUT2D eigenvalue weighted by atomic mass is 35.5. The standard InChI is InChI=1S/C21H23ClN2OS/c1-21(2,3)14-5-7-16-17(11-23)20(26-19(16)10-14)24-12-13-9-15(22)6-8-18(13)25-4/h6,8-9,12,14H,5,7,10H2,1-4H3/t14-/m1/s1. The molecule has 1 heterocycles. The molecule has 0 radical (unpaired) electrons. The van der Waals surface area contributed by atoms with E-state index in [2.05, 4.69) is 31.8 Å². The number of hydrogen-bond donors (Lipinski definition) is 0. The Morgan fingerprint density at radius 1 is 1.38 bits per heavy atom. The summed E-state index contributed by atoms with van der Waals surface area (Å²) < 4.78 is 5.37. The second-order valence-electron chi connectivity index (χ2n) is 7.75. The van der Waals surface area contributed by atoms with Crippen LogP contribution in [-0.2, 0) is 12.8 Å². The molecule has 1 aliphatic rings. The molecule has 26 heavy (non-hydrogen) atoms. The maximum atomic E-state index is 9.67. The van der Waals surface area contributed by atoms with Crippen molar-refractivity contribution >= 4 is 34.2 Å². The fourth-order valence-electron chi connectivity index (χ4n) is 3.45. The normalized spacial score (nSPS) is 17.2. The van der Waals surface area contributed by atoms with E-state index in [4.69, 9.17) is 16.3 Å². The third-order valence-electron chi connectivity index (χ3n) is 5.10. The van der Waals surface area contributed by atoms with Crippen molar-refractivity contribution in [3.63, 3.8) is 0 Å². The molecular weight excluding hydrogens is 364 g/mol. The molecule has 1 aromatic carbocycles. The zero-order chi connectivity index (χ0) is 18.9. The maximum absolute atomic E-state index is 9.67. The number of halogens is 1. The highest BCUT2D eigenvalue weighted by molar-refractivity contribution is 7.16. The number of rotatable bonds is 3. The van der Waals surface area contributed by atoms with Crippen molar-refractivity contribution < 1.29 is 4.74 Å². The van der Waals surface area contributed by atoms with Crippen molar-refractivity contribution in [2.45, 2.75) is 40.0 Å². The Morgan fingerprint density at radius 3 is 2.81 bits per heavy atom. The van der Waals surface area contributed by atoms with Gasteiger partial charge in [-0.1, -0.05) is 32.4 Å². The van der Waals surface area contributed by atoms with E-state index in [-0.39, 0.29) is 5.41 Å². The zero-order valence-corrected chi connectivity index (χ0v) is 17.2. The van der Waals surface area contributed by atoms with Gasteiger partial charge >= 0.3 is 0 Å². The minimum atomic E-state index is 0.284. The minimum Gasteiger partial charge on any atom is -0.496 e. The van der Waals surface area contributed by atoms with Crippen LogP contribution in [-0.4, -0.2) is 13.3 Å². The van der Waals surface area contributed by atoms with Gasteiger partial charge in [0.15, 0.2) is 0 Å². The number of nitriles is 1. The van der Waals surface area contributed by atoms with Crippen molar-refractivity contribution in [3.8, 4) is 11.8 Å². The first-order valence-electron chi connectivity index (χ1n) is 8.75. The third-order valence-corrected chi connectivity index (χ3v) is 6.49. The first-order valence-corrected chi connectivity index (χ1v) is 9.95. The number of ether oxygens (including phenoxy) is 1. The van der Waals surface area contributed by atoms with E-state index in [0.29, 0.717) is 16.7 Å². The predicted molar refractivity (Wildman–Crippen MR) is 109 cm³/mol. The summed E-state index contributed by atoms with van der Waals surface area (Å²) in [5.74, 6) is 1.36. The molecule has 0 unspecified atom stereocenters. The quantitative estimate of drug-likeness (QED) is 0.591. The lowest BCUT2D eigenvalue weighted by atomic mass is 9.72.